The molecular formula is C24H17F6N5O2. The van der Waals surface area contributed by atoms with Crippen LogP contribution in [0.15, 0.2) is 72.9 Å². The molecule has 5 N–H and O–H groups in total. The van der Waals surface area contributed by atoms with Gasteiger partial charge in [0.15, 0.2) is 0 Å². The van der Waals surface area contributed by atoms with E-state index < -0.39 is 35.5 Å². The number of anilines is 4. The SMILES string of the molecule is O=C(Nc1ccc(C(F)(F)F)cc1)Nc1ccc2[nH]cc(NC(=O)Nc3ccc(C(F)(F)F)cc3)c2c1. The number of H-pyrrole nitrogens is 1. The van der Waals surface area contributed by atoms with Crippen LogP contribution in [-0.4, -0.2) is 17.0 Å². The number of hydrogen-bond acceptors (Lipinski definition) is 2. The van der Waals surface area contributed by atoms with Crippen LogP contribution in [0.25, 0.3) is 10.9 Å². The molecule has 3 aromatic carbocycles. The normalized spacial score (nSPS) is 11.7. The number of urea groups is 2. The summed E-state index contributed by atoms with van der Waals surface area (Å²) in [6.07, 6.45) is -7.50. The van der Waals surface area contributed by atoms with Gasteiger partial charge in [-0.2, -0.15) is 26.3 Å². The van der Waals surface area contributed by atoms with Crippen molar-refractivity contribution in [3.63, 3.8) is 0 Å². The zero-order valence-corrected chi connectivity index (χ0v) is 18.5. The highest BCUT2D eigenvalue weighted by Crippen LogP contribution is 2.31. The molecule has 0 aliphatic heterocycles. The summed E-state index contributed by atoms with van der Waals surface area (Å²) in [6.45, 7) is 0. The number of carbonyl (C=O) groups excluding carboxylic acids is 2. The van der Waals surface area contributed by atoms with Crippen LogP contribution in [-0.2, 0) is 12.4 Å². The molecule has 0 bridgehead atoms. The first-order valence-electron chi connectivity index (χ1n) is 10.5. The Labute approximate surface area is 204 Å². The van der Waals surface area contributed by atoms with E-state index in [1.54, 1.807) is 18.2 Å². The van der Waals surface area contributed by atoms with E-state index in [1.807, 2.05) is 0 Å². The third-order valence-corrected chi connectivity index (χ3v) is 5.13. The van der Waals surface area contributed by atoms with E-state index in [1.165, 1.54) is 6.20 Å². The lowest BCUT2D eigenvalue weighted by molar-refractivity contribution is -0.138. The third kappa shape index (κ3) is 6.31. The first-order valence-corrected chi connectivity index (χ1v) is 10.5. The first-order chi connectivity index (χ1) is 17.4. The van der Waals surface area contributed by atoms with Crippen molar-refractivity contribution in [2.24, 2.45) is 0 Å². The standard InChI is InChI=1S/C24H17F6N5O2/c25-23(26,27)13-1-5-15(6-2-13)32-21(36)34-17-9-10-19-18(11-17)20(12-31-19)35-22(37)33-16-7-3-14(4-8-16)24(28,29)30/h1-12,31H,(H2,32,34,36)(H2,33,35,37). The number of rotatable bonds is 4. The number of fused-ring (bicyclic) bond motifs is 1. The van der Waals surface area contributed by atoms with E-state index in [-0.39, 0.29) is 11.4 Å². The molecule has 0 radical (unpaired) electrons. The molecule has 37 heavy (non-hydrogen) atoms. The molecule has 0 saturated heterocycles. The fraction of sp³-hybridized carbons (Fsp3) is 0.0833. The molecule has 7 nitrogen and oxygen atoms in total. The molecule has 4 aromatic rings. The molecule has 192 valence electrons. The molecule has 0 aliphatic carbocycles. The number of nitrogens with one attached hydrogen (secondary N) is 5. The predicted octanol–water partition coefficient (Wildman–Crippen LogP) is 7.49. The first kappa shape index (κ1) is 25.4. The van der Waals surface area contributed by atoms with Crippen molar-refractivity contribution in [3.8, 4) is 0 Å². The number of halogens is 6. The minimum absolute atomic E-state index is 0.146. The van der Waals surface area contributed by atoms with E-state index >= 15 is 0 Å². The summed E-state index contributed by atoms with van der Waals surface area (Å²) in [4.78, 5) is 27.6. The van der Waals surface area contributed by atoms with Gasteiger partial charge in [-0.1, -0.05) is 0 Å². The molecule has 1 heterocycles. The van der Waals surface area contributed by atoms with Gasteiger partial charge in [0.1, 0.15) is 0 Å². The largest absolute Gasteiger partial charge is 0.416 e. The molecule has 0 atom stereocenters. The van der Waals surface area contributed by atoms with Gasteiger partial charge in [0.2, 0.25) is 0 Å². The average molecular weight is 521 g/mol. The fourth-order valence-electron chi connectivity index (χ4n) is 3.36. The Bertz CT molecular complexity index is 1430. The molecule has 0 fully saturated rings. The number of aromatic nitrogens is 1. The zero-order chi connectivity index (χ0) is 26.8. The van der Waals surface area contributed by atoms with Gasteiger partial charge in [0, 0.05) is 34.2 Å². The smallest absolute Gasteiger partial charge is 0.359 e. The van der Waals surface area contributed by atoms with Crippen molar-refractivity contribution in [2.75, 3.05) is 21.3 Å². The van der Waals surface area contributed by atoms with E-state index in [4.69, 9.17) is 0 Å². The van der Waals surface area contributed by atoms with Crippen LogP contribution >= 0.6 is 0 Å². The van der Waals surface area contributed by atoms with E-state index in [2.05, 4.69) is 26.3 Å². The number of amides is 4. The van der Waals surface area contributed by atoms with Crippen molar-refractivity contribution in [2.45, 2.75) is 12.4 Å². The Kier molecular flexibility index (Phi) is 6.70. The second-order valence-corrected chi connectivity index (χ2v) is 7.77. The lowest BCUT2D eigenvalue weighted by Gasteiger charge is -2.11. The predicted molar refractivity (Wildman–Crippen MR) is 126 cm³/mol. The summed E-state index contributed by atoms with van der Waals surface area (Å²) in [5.41, 5.74) is -0.146. The number of carbonyl (C=O) groups is 2. The summed E-state index contributed by atoms with van der Waals surface area (Å²) < 4.78 is 76.1. The molecular weight excluding hydrogens is 504 g/mol. The highest BCUT2D eigenvalue weighted by molar-refractivity contribution is 6.07. The van der Waals surface area contributed by atoms with Crippen LogP contribution in [0.2, 0.25) is 0 Å². The van der Waals surface area contributed by atoms with E-state index in [0.29, 0.717) is 22.3 Å². The van der Waals surface area contributed by atoms with Crippen molar-refractivity contribution in [1.82, 2.24) is 4.98 Å². The van der Waals surface area contributed by atoms with Crippen molar-refractivity contribution in [1.29, 1.82) is 0 Å². The van der Waals surface area contributed by atoms with E-state index in [9.17, 15) is 35.9 Å². The Balaban J connectivity index is 1.40. The monoisotopic (exact) mass is 521 g/mol. The van der Waals surface area contributed by atoms with Gasteiger partial charge >= 0.3 is 24.4 Å². The molecule has 4 amide bonds. The fourth-order valence-corrected chi connectivity index (χ4v) is 3.36. The molecule has 4 rings (SSSR count). The van der Waals surface area contributed by atoms with Crippen LogP contribution in [0, 0.1) is 0 Å². The van der Waals surface area contributed by atoms with Gasteiger partial charge in [0.05, 0.1) is 16.8 Å². The number of aromatic amines is 1. The van der Waals surface area contributed by atoms with Crippen LogP contribution in [0.5, 0.6) is 0 Å². The quantitative estimate of drug-likeness (QED) is 0.180. The van der Waals surface area contributed by atoms with Crippen LogP contribution < -0.4 is 21.3 Å². The Morgan fingerprint density at radius 2 is 1.03 bits per heavy atom. The van der Waals surface area contributed by atoms with Gasteiger partial charge in [-0.05, 0) is 66.7 Å². The Hall–Kier alpha value is -4.68. The maximum absolute atomic E-state index is 12.7. The van der Waals surface area contributed by atoms with Crippen molar-refractivity contribution in [3.05, 3.63) is 84.1 Å². The van der Waals surface area contributed by atoms with Gasteiger partial charge in [0.25, 0.3) is 0 Å². The summed E-state index contributed by atoms with van der Waals surface area (Å²) >= 11 is 0. The number of alkyl halides is 6. The summed E-state index contributed by atoms with van der Waals surface area (Å²) in [5.74, 6) is 0. The van der Waals surface area contributed by atoms with Gasteiger partial charge < -0.3 is 26.3 Å². The Morgan fingerprint density at radius 1 is 0.595 bits per heavy atom. The zero-order valence-electron chi connectivity index (χ0n) is 18.5. The lowest BCUT2D eigenvalue weighted by atomic mass is 10.2. The van der Waals surface area contributed by atoms with Crippen LogP contribution in [0.4, 0.5) is 58.7 Å². The van der Waals surface area contributed by atoms with E-state index in [0.717, 1.165) is 48.5 Å². The van der Waals surface area contributed by atoms with Crippen LogP contribution in [0.1, 0.15) is 11.1 Å². The minimum Gasteiger partial charge on any atom is -0.359 e. The summed E-state index contributed by atoms with van der Waals surface area (Å²) in [6, 6.07) is 11.2. The van der Waals surface area contributed by atoms with Gasteiger partial charge in [-0.15, -0.1) is 0 Å². The topological polar surface area (TPSA) is 98.1 Å². The highest BCUT2D eigenvalue weighted by atomic mass is 19.4. The molecule has 0 aliphatic rings. The molecule has 1 aromatic heterocycles. The second kappa shape index (κ2) is 9.76. The summed E-state index contributed by atoms with van der Waals surface area (Å²) in [5, 5.41) is 10.5. The van der Waals surface area contributed by atoms with Gasteiger partial charge in [-0.3, -0.25) is 0 Å². The van der Waals surface area contributed by atoms with Crippen molar-refractivity contribution >= 4 is 45.7 Å². The minimum atomic E-state index is -4.49. The Morgan fingerprint density at radius 3 is 1.51 bits per heavy atom. The maximum Gasteiger partial charge on any atom is 0.416 e. The molecule has 0 spiro atoms. The van der Waals surface area contributed by atoms with Crippen LogP contribution in [0.3, 0.4) is 0 Å². The number of hydrogen-bond donors (Lipinski definition) is 5. The molecule has 0 saturated carbocycles. The highest BCUT2D eigenvalue weighted by Gasteiger charge is 2.30. The summed E-state index contributed by atoms with van der Waals surface area (Å²) in [7, 11) is 0. The van der Waals surface area contributed by atoms with Gasteiger partial charge in [-0.25, -0.2) is 9.59 Å². The lowest BCUT2D eigenvalue weighted by Crippen LogP contribution is -2.20. The second-order valence-electron chi connectivity index (χ2n) is 7.77. The maximum atomic E-state index is 12.7. The number of benzene rings is 3. The molecule has 13 heteroatoms. The third-order valence-electron chi connectivity index (χ3n) is 5.13. The molecule has 0 unspecified atom stereocenters. The van der Waals surface area contributed by atoms with Crippen molar-refractivity contribution < 1.29 is 35.9 Å². The average Bonchev–Trinajstić information content (AvgIpc) is 3.20.